The molecule has 0 amide bonds. The monoisotopic (exact) mass is 137 g/mol. The van der Waals surface area contributed by atoms with Crippen LogP contribution in [0.5, 0.6) is 0 Å². The maximum absolute atomic E-state index is 2.47. The molecule has 0 radical (unpaired) electrons. The molecule has 0 unspecified atom stereocenters. The Morgan fingerprint density at radius 1 is 1.50 bits per heavy atom. The number of nitrogens with zero attached hydrogens (tertiary/aromatic N) is 1. The van der Waals surface area contributed by atoms with E-state index < -0.39 is 0 Å². The van der Waals surface area contributed by atoms with Crippen molar-refractivity contribution in [2.75, 3.05) is 6.54 Å². The predicted octanol–water partition coefficient (Wildman–Crippen LogP) is 2.00. The van der Waals surface area contributed by atoms with Gasteiger partial charge in [-0.3, -0.25) is 0 Å². The summed E-state index contributed by atoms with van der Waals surface area (Å²) in [5.74, 6) is 0.914. The molecule has 0 spiro atoms. The maximum Gasteiger partial charge on any atom is 0.0372 e. The fourth-order valence-corrected chi connectivity index (χ4v) is 2.20. The lowest BCUT2D eigenvalue weighted by molar-refractivity contribution is 0.183. The Hall–Kier alpha value is -0.460. The van der Waals surface area contributed by atoms with Crippen molar-refractivity contribution in [3.05, 3.63) is 12.3 Å². The number of hydrogen-bond acceptors (Lipinski definition) is 1. The van der Waals surface area contributed by atoms with Gasteiger partial charge in [-0.05, 0) is 38.8 Å². The highest BCUT2D eigenvalue weighted by Crippen LogP contribution is 2.39. The first kappa shape index (κ1) is 6.26. The molecule has 0 aliphatic carbocycles. The van der Waals surface area contributed by atoms with Gasteiger partial charge in [0.1, 0.15) is 0 Å². The van der Waals surface area contributed by atoms with Crippen molar-refractivity contribution in [1.29, 1.82) is 0 Å². The fraction of sp³-hybridized carbons (Fsp3) is 0.778. The lowest BCUT2D eigenvalue weighted by Gasteiger charge is -2.37. The first-order valence-corrected chi connectivity index (χ1v) is 4.14. The van der Waals surface area contributed by atoms with Crippen LogP contribution in [0.3, 0.4) is 0 Å². The van der Waals surface area contributed by atoms with E-state index in [9.17, 15) is 0 Å². The topological polar surface area (TPSA) is 3.24 Å². The van der Waals surface area contributed by atoms with Crippen molar-refractivity contribution in [3.8, 4) is 0 Å². The molecular weight excluding hydrogens is 122 g/mol. The van der Waals surface area contributed by atoms with E-state index in [0.717, 1.165) is 5.92 Å². The molecule has 0 aromatic rings. The zero-order chi connectivity index (χ0) is 7.19. The molecule has 1 atom stereocenters. The van der Waals surface area contributed by atoms with Crippen molar-refractivity contribution in [3.63, 3.8) is 0 Å². The maximum atomic E-state index is 2.47. The van der Waals surface area contributed by atoms with Gasteiger partial charge in [0.05, 0.1) is 0 Å². The zero-order valence-electron chi connectivity index (χ0n) is 6.80. The summed E-state index contributed by atoms with van der Waals surface area (Å²) in [6, 6.07) is 0. The van der Waals surface area contributed by atoms with E-state index in [1.165, 1.54) is 19.4 Å². The molecular formula is C9H15N. The van der Waals surface area contributed by atoms with Crippen LogP contribution in [0.4, 0.5) is 0 Å². The second kappa shape index (κ2) is 1.77. The van der Waals surface area contributed by atoms with Gasteiger partial charge >= 0.3 is 0 Å². The average molecular weight is 137 g/mol. The van der Waals surface area contributed by atoms with Crippen LogP contribution < -0.4 is 0 Å². The molecule has 0 N–H and O–H groups in total. The Kier molecular flexibility index (Phi) is 1.11. The van der Waals surface area contributed by atoms with Gasteiger partial charge in [-0.2, -0.15) is 0 Å². The number of allylic oxidation sites excluding steroid dienone is 1. The second-order valence-electron chi connectivity index (χ2n) is 3.95. The summed E-state index contributed by atoms with van der Waals surface area (Å²) in [4.78, 5) is 2.47. The number of rotatable bonds is 0. The van der Waals surface area contributed by atoms with Gasteiger partial charge in [0.15, 0.2) is 0 Å². The third kappa shape index (κ3) is 0.635. The summed E-state index contributed by atoms with van der Waals surface area (Å²) in [7, 11) is 0. The molecule has 2 heterocycles. The van der Waals surface area contributed by atoms with Crippen molar-refractivity contribution in [1.82, 2.24) is 4.90 Å². The molecule has 1 saturated heterocycles. The van der Waals surface area contributed by atoms with Crippen LogP contribution in [-0.4, -0.2) is 17.0 Å². The van der Waals surface area contributed by atoms with E-state index in [1.54, 1.807) is 0 Å². The van der Waals surface area contributed by atoms with Crippen molar-refractivity contribution in [2.45, 2.75) is 32.2 Å². The van der Waals surface area contributed by atoms with Crippen LogP contribution >= 0.6 is 0 Å². The molecule has 2 aliphatic heterocycles. The minimum atomic E-state index is 0.453. The highest BCUT2D eigenvalue weighted by atomic mass is 15.2. The average Bonchev–Trinajstić information content (AvgIpc) is 2.17. The van der Waals surface area contributed by atoms with Crippen LogP contribution in [0.2, 0.25) is 0 Å². The zero-order valence-corrected chi connectivity index (χ0v) is 6.80. The van der Waals surface area contributed by atoms with Gasteiger partial charge in [-0.1, -0.05) is 6.08 Å². The minimum Gasteiger partial charge on any atom is -0.372 e. The van der Waals surface area contributed by atoms with Crippen molar-refractivity contribution < 1.29 is 0 Å². The summed E-state index contributed by atoms with van der Waals surface area (Å²) in [5.41, 5.74) is 0.453. The van der Waals surface area contributed by atoms with E-state index in [0.29, 0.717) is 5.54 Å². The minimum absolute atomic E-state index is 0.453. The summed E-state index contributed by atoms with van der Waals surface area (Å²) < 4.78 is 0. The molecule has 0 aromatic carbocycles. The lowest BCUT2D eigenvalue weighted by Crippen LogP contribution is -2.40. The van der Waals surface area contributed by atoms with Gasteiger partial charge in [0.25, 0.3) is 0 Å². The molecule has 1 heteroatoms. The standard InChI is InChI=1S/C9H15N/c1-9(2)8-4-3-6-10(9)7-5-8/h3,6,8H,4-5,7H2,1-2H3/t8-/m1/s1. The Labute approximate surface area is 62.7 Å². The van der Waals surface area contributed by atoms with Crippen LogP contribution in [0.25, 0.3) is 0 Å². The molecule has 10 heavy (non-hydrogen) atoms. The molecule has 1 fully saturated rings. The smallest absolute Gasteiger partial charge is 0.0372 e. The molecule has 2 rings (SSSR count). The van der Waals surface area contributed by atoms with E-state index in [2.05, 4.69) is 31.0 Å². The SMILES string of the molecule is CC1(C)[C@@H]2CC=CN1CC2. The van der Waals surface area contributed by atoms with Gasteiger partial charge in [0, 0.05) is 12.1 Å². The van der Waals surface area contributed by atoms with Crippen LogP contribution in [0.1, 0.15) is 26.7 Å². The summed E-state index contributed by atoms with van der Waals surface area (Å²) in [6.07, 6.45) is 7.26. The number of hydrogen-bond donors (Lipinski definition) is 0. The molecule has 2 bridgehead atoms. The van der Waals surface area contributed by atoms with Gasteiger partial charge in [-0.25, -0.2) is 0 Å². The lowest BCUT2D eigenvalue weighted by atomic mass is 9.84. The van der Waals surface area contributed by atoms with Gasteiger partial charge < -0.3 is 4.90 Å². The highest BCUT2D eigenvalue weighted by Gasteiger charge is 2.40. The van der Waals surface area contributed by atoms with Crippen LogP contribution in [0, 0.1) is 5.92 Å². The first-order chi connectivity index (χ1) is 4.71. The van der Waals surface area contributed by atoms with E-state index in [-0.39, 0.29) is 0 Å². The summed E-state index contributed by atoms with van der Waals surface area (Å²) >= 11 is 0. The Morgan fingerprint density at radius 2 is 2.30 bits per heavy atom. The van der Waals surface area contributed by atoms with Crippen LogP contribution in [0.15, 0.2) is 12.3 Å². The predicted molar refractivity (Wildman–Crippen MR) is 42.6 cm³/mol. The van der Waals surface area contributed by atoms with E-state index in [1.807, 2.05) is 0 Å². The highest BCUT2D eigenvalue weighted by molar-refractivity contribution is 5.07. The molecule has 1 nitrogen and oxygen atoms in total. The van der Waals surface area contributed by atoms with Gasteiger partial charge in [0.2, 0.25) is 0 Å². The third-order valence-electron chi connectivity index (χ3n) is 3.16. The van der Waals surface area contributed by atoms with E-state index in [4.69, 9.17) is 0 Å². The summed E-state index contributed by atoms with van der Waals surface area (Å²) in [5, 5.41) is 0. The molecule has 0 saturated carbocycles. The van der Waals surface area contributed by atoms with Crippen molar-refractivity contribution in [2.24, 2.45) is 5.92 Å². The Bertz CT molecular complexity index is 170. The Morgan fingerprint density at radius 3 is 2.90 bits per heavy atom. The van der Waals surface area contributed by atoms with Crippen LogP contribution in [-0.2, 0) is 0 Å². The third-order valence-corrected chi connectivity index (χ3v) is 3.16. The largest absolute Gasteiger partial charge is 0.372 e. The fourth-order valence-electron chi connectivity index (χ4n) is 2.20. The molecule has 2 aliphatic rings. The van der Waals surface area contributed by atoms with E-state index >= 15 is 0 Å². The van der Waals surface area contributed by atoms with Crippen molar-refractivity contribution >= 4 is 0 Å². The Balaban J connectivity index is 2.32. The number of fused-ring (bicyclic) bond motifs is 2. The van der Waals surface area contributed by atoms with Gasteiger partial charge in [-0.15, -0.1) is 0 Å². The molecule has 0 aromatic heterocycles. The first-order valence-electron chi connectivity index (χ1n) is 4.14. The summed E-state index contributed by atoms with van der Waals surface area (Å²) in [6.45, 7) is 5.98. The molecule has 56 valence electrons. The second-order valence-corrected chi connectivity index (χ2v) is 3.95. The quantitative estimate of drug-likeness (QED) is 0.493. The normalized spacial score (nSPS) is 35.0.